The van der Waals surface area contributed by atoms with Crippen LogP contribution in [0, 0.1) is 4.77 Å². The molecule has 0 aliphatic rings. The highest BCUT2D eigenvalue weighted by atomic mass is 35.5. The van der Waals surface area contributed by atoms with Crippen LogP contribution in [0.25, 0.3) is 0 Å². The van der Waals surface area contributed by atoms with E-state index in [1.807, 2.05) is 6.92 Å². The fraction of sp³-hybridized carbons (Fsp3) is 0.182. The largest absolute Gasteiger partial charge is 0.504 e. The van der Waals surface area contributed by atoms with Crippen LogP contribution in [0.4, 0.5) is 0 Å². The zero-order valence-corrected chi connectivity index (χ0v) is 11.5. The van der Waals surface area contributed by atoms with E-state index in [1.54, 1.807) is 0 Å². The third-order valence-corrected chi connectivity index (χ3v) is 2.97. The molecule has 0 fully saturated rings. The number of aromatic nitrogens is 3. The van der Waals surface area contributed by atoms with E-state index in [-0.39, 0.29) is 16.5 Å². The smallest absolute Gasteiger partial charge is 0.216 e. The minimum atomic E-state index is -0.354. The summed E-state index contributed by atoms with van der Waals surface area (Å²) >= 11 is 10.8. The van der Waals surface area contributed by atoms with Crippen LogP contribution >= 0.6 is 23.8 Å². The summed E-state index contributed by atoms with van der Waals surface area (Å²) in [6, 6.07) is 2.83. The van der Waals surface area contributed by atoms with Gasteiger partial charge in [-0.05, 0) is 29.9 Å². The van der Waals surface area contributed by atoms with Gasteiger partial charge in [-0.2, -0.15) is 14.9 Å². The molecule has 1 aromatic heterocycles. The molecule has 8 heteroatoms. The summed E-state index contributed by atoms with van der Waals surface area (Å²) in [5, 5.41) is 29.7. The summed E-state index contributed by atoms with van der Waals surface area (Å²) in [7, 11) is 0. The maximum Gasteiger partial charge on any atom is 0.216 e. The molecule has 0 spiro atoms. The molecular formula is C11H11ClN4O2S. The van der Waals surface area contributed by atoms with E-state index in [0.29, 0.717) is 22.6 Å². The first-order valence-corrected chi connectivity index (χ1v) is 6.23. The van der Waals surface area contributed by atoms with Crippen molar-refractivity contribution in [3.63, 3.8) is 0 Å². The SMILES string of the molecule is CCc1n[nH]c(=S)n1/N=C/c1cc(O)c(O)c(Cl)c1. The van der Waals surface area contributed by atoms with Gasteiger partial charge >= 0.3 is 0 Å². The van der Waals surface area contributed by atoms with E-state index in [2.05, 4.69) is 15.3 Å². The number of rotatable bonds is 3. The number of nitrogens with zero attached hydrogens (tertiary/aromatic N) is 3. The lowest BCUT2D eigenvalue weighted by Gasteiger charge is -2.02. The van der Waals surface area contributed by atoms with Crippen molar-refractivity contribution in [2.75, 3.05) is 0 Å². The monoisotopic (exact) mass is 298 g/mol. The Bertz CT molecular complexity index is 669. The zero-order chi connectivity index (χ0) is 14.0. The van der Waals surface area contributed by atoms with Crippen molar-refractivity contribution in [2.24, 2.45) is 5.10 Å². The number of aryl methyl sites for hydroxylation is 1. The number of nitrogens with one attached hydrogen (secondary N) is 1. The highest BCUT2D eigenvalue weighted by Crippen LogP contribution is 2.33. The van der Waals surface area contributed by atoms with Crippen molar-refractivity contribution in [3.05, 3.63) is 33.3 Å². The molecule has 0 aliphatic heterocycles. The Labute approximate surface area is 119 Å². The van der Waals surface area contributed by atoms with E-state index in [0.717, 1.165) is 0 Å². The molecular weight excluding hydrogens is 288 g/mol. The van der Waals surface area contributed by atoms with Crippen molar-refractivity contribution in [2.45, 2.75) is 13.3 Å². The van der Waals surface area contributed by atoms with Gasteiger partial charge in [0.05, 0.1) is 11.2 Å². The van der Waals surface area contributed by atoms with E-state index in [9.17, 15) is 10.2 Å². The number of H-pyrrole nitrogens is 1. The summed E-state index contributed by atoms with van der Waals surface area (Å²) in [5.41, 5.74) is 0.533. The Morgan fingerprint density at radius 2 is 2.26 bits per heavy atom. The molecule has 0 amide bonds. The van der Waals surface area contributed by atoms with Gasteiger partial charge in [0.25, 0.3) is 0 Å². The highest BCUT2D eigenvalue weighted by Gasteiger charge is 2.06. The highest BCUT2D eigenvalue weighted by molar-refractivity contribution is 7.71. The molecule has 0 atom stereocenters. The lowest BCUT2D eigenvalue weighted by Crippen LogP contribution is -1.97. The first-order valence-electron chi connectivity index (χ1n) is 5.45. The number of aromatic amines is 1. The molecule has 0 radical (unpaired) electrons. The predicted molar refractivity (Wildman–Crippen MR) is 74.6 cm³/mol. The second-order valence-corrected chi connectivity index (χ2v) is 4.52. The Balaban J connectivity index is 2.38. The molecule has 3 N–H and O–H groups in total. The number of hydrogen-bond acceptors (Lipinski definition) is 5. The van der Waals surface area contributed by atoms with E-state index in [4.69, 9.17) is 23.8 Å². The molecule has 2 rings (SSSR count). The number of aromatic hydroxyl groups is 2. The van der Waals surface area contributed by atoms with Crippen LogP contribution in [0.15, 0.2) is 17.2 Å². The molecule has 1 aromatic carbocycles. The van der Waals surface area contributed by atoms with Gasteiger partial charge in [0, 0.05) is 6.42 Å². The van der Waals surface area contributed by atoms with Crippen LogP contribution < -0.4 is 0 Å². The van der Waals surface area contributed by atoms with Crippen molar-refractivity contribution < 1.29 is 10.2 Å². The minimum absolute atomic E-state index is 0.0490. The van der Waals surface area contributed by atoms with Gasteiger partial charge in [-0.3, -0.25) is 5.10 Å². The Kier molecular flexibility index (Phi) is 3.87. The fourth-order valence-corrected chi connectivity index (χ4v) is 1.90. The standard InChI is InChI=1S/C11H11ClN4O2S/c1-2-9-14-15-11(19)16(9)13-5-6-3-7(12)10(18)8(17)4-6/h3-5,17-18H,2H2,1H3,(H,15,19)/b13-5+. The number of hydrogen-bond donors (Lipinski definition) is 3. The van der Waals surface area contributed by atoms with Gasteiger partial charge < -0.3 is 10.2 Å². The summed E-state index contributed by atoms with van der Waals surface area (Å²) in [5.74, 6) is 0.0313. The molecule has 0 saturated heterocycles. The van der Waals surface area contributed by atoms with Gasteiger partial charge in [0.15, 0.2) is 17.3 Å². The fourth-order valence-electron chi connectivity index (χ4n) is 1.48. The van der Waals surface area contributed by atoms with Crippen molar-refractivity contribution >= 4 is 30.0 Å². The van der Waals surface area contributed by atoms with E-state index in [1.165, 1.54) is 23.0 Å². The predicted octanol–water partition coefficient (Wildman–Crippen LogP) is 2.45. The molecule has 0 aliphatic carbocycles. The summed E-state index contributed by atoms with van der Waals surface area (Å²) in [4.78, 5) is 0. The van der Waals surface area contributed by atoms with Gasteiger partial charge in [0.2, 0.25) is 4.77 Å². The number of phenols is 2. The molecule has 2 aromatic rings. The normalized spacial score (nSPS) is 11.3. The van der Waals surface area contributed by atoms with E-state index < -0.39 is 0 Å². The summed E-state index contributed by atoms with van der Waals surface area (Å²) in [6.45, 7) is 1.93. The first kappa shape index (κ1) is 13.6. The molecule has 1 heterocycles. The van der Waals surface area contributed by atoms with Crippen molar-refractivity contribution in [1.29, 1.82) is 0 Å². The molecule has 0 saturated carbocycles. The van der Waals surface area contributed by atoms with E-state index >= 15 is 0 Å². The maximum atomic E-state index is 9.45. The average Bonchev–Trinajstić information content (AvgIpc) is 2.74. The first-order chi connectivity index (χ1) is 9.02. The second kappa shape index (κ2) is 5.41. The van der Waals surface area contributed by atoms with Crippen LogP contribution in [0.1, 0.15) is 18.3 Å². The second-order valence-electron chi connectivity index (χ2n) is 3.73. The van der Waals surface area contributed by atoms with Gasteiger partial charge in [-0.25, -0.2) is 0 Å². The summed E-state index contributed by atoms with van der Waals surface area (Å²) < 4.78 is 1.86. The number of halogens is 1. The van der Waals surface area contributed by atoms with Crippen molar-refractivity contribution in [1.82, 2.24) is 14.9 Å². The number of phenolic OH excluding ortho intramolecular Hbond substituents is 2. The van der Waals surface area contributed by atoms with Gasteiger partial charge in [-0.15, -0.1) is 0 Å². The Morgan fingerprint density at radius 3 is 2.89 bits per heavy atom. The van der Waals surface area contributed by atoms with Crippen molar-refractivity contribution in [3.8, 4) is 11.5 Å². The Morgan fingerprint density at radius 1 is 1.53 bits per heavy atom. The van der Waals surface area contributed by atoms with Gasteiger partial charge in [0.1, 0.15) is 0 Å². The molecule has 19 heavy (non-hydrogen) atoms. The van der Waals surface area contributed by atoms with Crippen LogP contribution in [-0.2, 0) is 6.42 Å². The minimum Gasteiger partial charge on any atom is -0.504 e. The topological polar surface area (TPSA) is 86.4 Å². The lowest BCUT2D eigenvalue weighted by atomic mass is 10.2. The van der Waals surface area contributed by atoms with Crippen LogP contribution in [0.3, 0.4) is 0 Å². The van der Waals surface area contributed by atoms with Crippen LogP contribution in [-0.4, -0.2) is 31.3 Å². The molecule has 6 nitrogen and oxygen atoms in total. The van der Waals surface area contributed by atoms with Crippen LogP contribution in [0.5, 0.6) is 11.5 Å². The summed E-state index contributed by atoms with van der Waals surface area (Å²) in [6.07, 6.45) is 2.14. The third kappa shape index (κ3) is 2.77. The molecule has 100 valence electrons. The average molecular weight is 299 g/mol. The van der Waals surface area contributed by atoms with Gasteiger partial charge in [-0.1, -0.05) is 18.5 Å². The lowest BCUT2D eigenvalue weighted by molar-refractivity contribution is 0.404. The Hall–Kier alpha value is -1.86. The quantitative estimate of drug-likeness (QED) is 0.461. The maximum absolute atomic E-state index is 9.45. The zero-order valence-electron chi connectivity index (χ0n) is 9.96. The molecule has 0 bridgehead atoms. The number of benzene rings is 1. The van der Waals surface area contributed by atoms with Crippen LogP contribution in [0.2, 0.25) is 5.02 Å². The third-order valence-electron chi connectivity index (χ3n) is 2.42. The molecule has 0 unspecified atom stereocenters.